The second-order valence-electron chi connectivity index (χ2n) is 14.2. The minimum atomic E-state index is 0.530. The SMILES string of the molecule is c1ccc(-c2nc(-c3ccccc3-n3c4ccccc4c4ccncc43)nc(-n3c4ccccc4c4c(-c5cccc6c5oc5ccccc56)cccc43)n2)cc1. The first-order valence-electron chi connectivity index (χ1n) is 19.0. The van der Waals surface area contributed by atoms with Crippen LogP contribution < -0.4 is 0 Å². The van der Waals surface area contributed by atoms with Gasteiger partial charge in [-0.15, -0.1) is 0 Å². The second kappa shape index (κ2) is 12.3. The third-order valence-electron chi connectivity index (χ3n) is 11.1. The van der Waals surface area contributed by atoms with Crippen molar-refractivity contribution in [2.45, 2.75) is 0 Å². The Labute approximate surface area is 325 Å². The van der Waals surface area contributed by atoms with Gasteiger partial charge in [0.05, 0.1) is 34.0 Å². The Bertz CT molecular complexity index is 3490. The normalized spacial score (nSPS) is 11.9. The van der Waals surface area contributed by atoms with E-state index in [1.54, 1.807) is 0 Å². The van der Waals surface area contributed by atoms with E-state index in [2.05, 4.69) is 135 Å². The molecular formula is C50H30N6O. The van der Waals surface area contributed by atoms with E-state index in [-0.39, 0.29) is 0 Å². The fraction of sp³-hybridized carbons (Fsp3) is 0. The van der Waals surface area contributed by atoms with E-state index in [1.165, 1.54) is 0 Å². The summed E-state index contributed by atoms with van der Waals surface area (Å²) in [7, 11) is 0. The van der Waals surface area contributed by atoms with Gasteiger partial charge in [0.2, 0.25) is 5.95 Å². The first-order valence-corrected chi connectivity index (χ1v) is 19.0. The summed E-state index contributed by atoms with van der Waals surface area (Å²) in [5.41, 5.74) is 10.7. The molecule has 0 saturated carbocycles. The smallest absolute Gasteiger partial charge is 0.238 e. The van der Waals surface area contributed by atoms with E-state index < -0.39 is 0 Å². The molecule has 7 aromatic carbocycles. The van der Waals surface area contributed by atoms with Gasteiger partial charge in [-0.2, -0.15) is 9.97 Å². The molecule has 0 fully saturated rings. The maximum Gasteiger partial charge on any atom is 0.238 e. The van der Waals surface area contributed by atoms with Crippen LogP contribution in [0.1, 0.15) is 0 Å². The van der Waals surface area contributed by atoms with Gasteiger partial charge in [0.1, 0.15) is 11.2 Å². The van der Waals surface area contributed by atoms with Crippen molar-refractivity contribution in [1.82, 2.24) is 29.1 Å². The largest absolute Gasteiger partial charge is 0.455 e. The first-order chi connectivity index (χ1) is 28.3. The molecule has 57 heavy (non-hydrogen) atoms. The van der Waals surface area contributed by atoms with Gasteiger partial charge >= 0.3 is 0 Å². The molecule has 0 aliphatic rings. The highest BCUT2D eigenvalue weighted by atomic mass is 16.3. The minimum absolute atomic E-state index is 0.530. The predicted molar refractivity (Wildman–Crippen MR) is 230 cm³/mol. The van der Waals surface area contributed by atoms with E-state index in [0.717, 1.165) is 93.5 Å². The van der Waals surface area contributed by atoms with Gasteiger partial charge in [-0.25, -0.2) is 4.98 Å². The first kappa shape index (κ1) is 31.5. The van der Waals surface area contributed by atoms with Crippen molar-refractivity contribution in [3.63, 3.8) is 0 Å². The van der Waals surface area contributed by atoms with Crippen LogP contribution in [0.2, 0.25) is 0 Å². The Morgan fingerprint density at radius 1 is 0.404 bits per heavy atom. The molecule has 0 aliphatic heterocycles. The standard InChI is InChI=1S/C50H30N6O/c1-2-14-31(15-3-1)48-52-49(39-19-6-10-25-42(39)55-40-23-8-4-16-32(40)33-28-29-51-30-44(33)55)54-50(53-48)56-41-24-9-5-18-38(41)46-35(20-13-26-43(46)56)37-22-12-21-36-34-17-7-11-27-45(34)57-47(36)37/h1-30H. The number of hydrogen-bond donors (Lipinski definition) is 0. The predicted octanol–water partition coefficient (Wildman–Crippen LogP) is 12.4. The fourth-order valence-corrected chi connectivity index (χ4v) is 8.66. The highest BCUT2D eigenvalue weighted by Gasteiger charge is 2.23. The van der Waals surface area contributed by atoms with Crippen LogP contribution in [0.15, 0.2) is 187 Å². The van der Waals surface area contributed by atoms with E-state index in [1.807, 2.05) is 60.9 Å². The molecule has 0 bridgehead atoms. The van der Waals surface area contributed by atoms with E-state index in [4.69, 9.17) is 19.4 Å². The number of hydrogen-bond acceptors (Lipinski definition) is 5. The molecule has 0 spiro atoms. The lowest BCUT2D eigenvalue weighted by molar-refractivity contribution is 0.670. The number of pyridine rings is 1. The third-order valence-corrected chi connectivity index (χ3v) is 11.1. The summed E-state index contributed by atoms with van der Waals surface area (Å²) >= 11 is 0. The molecule has 0 unspecified atom stereocenters. The van der Waals surface area contributed by atoms with Crippen LogP contribution in [0.5, 0.6) is 0 Å². The third kappa shape index (κ3) is 4.72. The highest BCUT2D eigenvalue weighted by Crippen LogP contribution is 2.43. The maximum absolute atomic E-state index is 6.57. The molecule has 12 rings (SSSR count). The summed E-state index contributed by atoms with van der Waals surface area (Å²) in [6.45, 7) is 0. The van der Waals surface area contributed by atoms with Crippen molar-refractivity contribution in [1.29, 1.82) is 0 Å². The van der Waals surface area contributed by atoms with Crippen LogP contribution in [-0.4, -0.2) is 29.1 Å². The molecule has 266 valence electrons. The number of para-hydroxylation sites is 5. The van der Waals surface area contributed by atoms with Crippen LogP contribution in [-0.2, 0) is 0 Å². The average molecular weight is 731 g/mol. The van der Waals surface area contributed by atoms with Crippen molar-refractivity contribution in [3.8, 4) is 45.5 Å². The number of benzene rings is 7. The Morgan fingerprint density at radius 2 is 1.04 bits per heavy atom. The van der Waals surface area contributed by atoms with Crippen LogP contribution in [0.4, 0.5) is 0 Å². The molecule has 5 heterocycles. The van der Waals surface area contributed by atoms with Gasteiger partial charge in [0, 0.05) is 55.2 Å². The molecule has 7 nitrogen and oxygen atoms in total. The molecule has 0 amide bonds. The Kier molecular flexibility index (Phi) is 6.79. The Hall–Kier alpha value is -7.90. The molecule has 0 atom stereocenters. The quantitative estimate of drug-likeness (QED) is 0.176. The van der Waals surface area contributed by atoms with Gasteiger partial charge < -0.3 is 8.98 Å². The summed E-state index contributed by atoms with van der Waals surface area (Å²) in [5.74, 6) is 1.68. The summed E-state index contributed by atoms with van der Waals surface area (Å²) in [6, 6.07) is 58.6. The zero-order valence-electron chi connectivity index (χ0n) is 30.4. The van der Waals surface area contributed by atoms with Gasteiger partial charge in [0.15, 0.2) is 11.6 Å². The van der Waals surface area contributed by atoms with Gasteiger partial charge in [-0.1, -0.05) is 127 Å². The van der Waals surface area contributed by atoms with Crippen LogP contribution in [0, 0.1) is 0 Å². The number of nitrogens with zero attached hydrogens (tertiary/aromatic N) is 6. The van der Waals surface area contributed by atoms with Crippen molar-refractivity contribution >= 4 is 65.6 Å². The summed E-state index contributed by atoms with van der Waals surface area (Å²) < 4.78 is 11.0. The minimum Gasteiger partial charge on any atom is -0.455 e. The number of fused-ring (bicyclic) bond motifs is 9. The van der Waals surface area contributed by atoms with E-state index in [0.29, 0.717) is 17.6 Å². The Balaban J connectivity index is 1.14. The molecule has 0 saturated heterocycles. The fourth-order valence-electron chi connectivity index (χ4n) is 8.66. The summed E-state index contributed by atoms with van der Waals surface area (Å²) in [4.78, 5) is 20.4. The van der Waals surface area contributed by atoms with Crippen LogP contribution >= 0.6 is 0 Å². The molecule has 12 aromatic rings. The summed E-state index contributed by atoms with van der Waals surface area (Å²) in [5, 5.41) is 6.69. The monoisotopic (exact) mass is 730 g/mol. The number of aromatic nitrogens is 6. The lowest BCUT2D eigenvalue weighted by Crippen LogP contribution is -2.07. The molecule has 0 aliphatic carbocycles. The van der Waals surface area contributed by atoms with Crippen LogP contribution in [0.3, 0.4) is 0 Å². The molecular weight excluding hydrogens is 701 g/mol. The zero-order chi connectivity index (χ0) is 37.5. The average Bonchev–Trinajstić information content (AvgIpc) is 3.95. The summed E-state index contributed by atoms with van der Waals surface area (Å²) in [6.07, 6.45) is 3.78. The highest BCUT2D eigenvalue weighted by molar-refractivity contribution is 6.19. The van der Waals surface area contributed by atoms with Gasteiger partial charge in [-0.05, 0) is 48.0 Å². The number of furan rings is 1. The second-order valence-corrected chi connectivity index (χ2v) is 14.2. The maximum atomic E-state index is 6.57. The van der Waals surface area contributed by atoms with Crippen LogP contribution in [0.25, 0.3) is 111 Å². The van der Waals surface area contributed by atoms with E-state index >= 15 is 0 Å². The topological polar surface area (TPSA) is 74.6 Å². The van der Waals surface area contributed by atoms with Crippen molar-refractivity contribution in [2.75, 3.05) is 0 Å². The van der Waals surface area contributed by atoms with E-state index in [9.17, 15) is 0 Å². The Morgan fingerprint density at radius 3 is 1.93 bits per heavy atom. The molecule has 0 N–H and O–H groups in total. The van der Waals surface area contributed by atoms with Crippen molar-refractivity contribution in [2.24, 2.45) is 0 Å². The lowest BCUT2D eigenvalue weighted by atomic mass is 9.97. The molecule has 0 radical (unpaired) electrons. The molecule has 7 heteroatoms. The van der Waals surface area contributed by atoms with Crippen molar-refractivity contribution in [3.05, 3.63) is 182 Å². The van der Waals surface area contributed by atoms with Gasteiger partial charge in [0.25, 0.3) is 0 Å². The lowest BCUT2D eigenvalue weighted by Gasteiger charge is -2.15. The molecule has 5 aromatic heterocycles. The van der Waals surface area contributed by atoms with Crippen molar-refractivity contribution < 1.29 is 4.42 Å². The number of rotatable bonds is 5. The van der Waals surface area contributed by atoms with Gasteiger partial charge in [-0.3, -0.25) is 9.55 Å². The zero-order valence-corrected chi connectivity index (χ0v) is 30.4.